The molecule has 4 nitrogen and oxygen atoms in total. The summed E-state index contributed by atoms with van der Waals surface area (Å²) in [5.41, 5.74) is 0. The van der Waals surface area contributed by atoms with E-state index in [4.69, 9.17) is 0 Å². The van der Waals surface area contributed by atoms with Gasteiger partial charge in [-0.25, -0.2) is 9.67 Å². The van der Waals surface area contributed by atoms with Gasteiger partial charge >= 0.3 is 0 Å². The van der Waals surface area contributed by atoms with Gasteiger partial charge in [-0.2, -0.15) is 5.10 Å². The molecule has 0 aromatic carbocycles. The van der Waals surface area contributed by atoms with Crippen molar-refractivity contribution in [3.63, 3.8) is 0 Å². The Morgan fingerprint density at radius 3 is 3.23 bits per heavy atom. The summed E-state index contributed by atoms with van der Waals surface area (Å²) in [6.45, 7) is 4.26. The van der Waals surface area contributed by atoms with Gasteiger partial charge in [0.25, 0.3) is 0 Å². The molecule has 2 heterocycles. The molecule has 13 heavy (non-hydrogen) atoms. The van der Waals surface area contributed by atoms with Crippen molar-refractivity contribution in [2.45, 2.75) is 32.2 Å². The molecule has 1 aliphatic heterocycles. The van der Waals surface area contributed by atoms with Crippen LogP contribution >= 0.6 is 0 Å². The van der Waals surface area contributed by atoms with Crippen LogP contribution < -0.4 is 5.32 Å². The lowest BCUT2D eigenvalue weighted by molar-refractivity contribution is 0.345. The third kappa shape index (κ3) is 1.88. The molecule has 4 heteroatoms. The zero-order chi connectivity index (χ0) is 9.10. The van der Waals surface area contributed by atoms with E-state index in [0.717, 1.165) is 25.3 Å². The number of aromatic nitrogens is 3. The Morgan fingerprint density at radius 2 is 2.62 bits per heavy atom. The van der Waals surface area contributed by atoms with Crippen LogP contribution in [0.15, 0.2) is 6.33 Å². The van der Waals surface area contributed by atoms with Crippen LogP contribution in [0, 0.1) is 0 Å². The van der Waals surface area contributed by atoms with E-state index in [9.17, 15) is 0 Å². The summed E-state index contributed by atoms with van der Waals surface area (Å²) in [5.74, 6) is 0.950. The highest BCUT2D eigenvalue weighted by Crippen LogP contribution is 2.14. The van der Waals surface area contributed by atoms with Gasteiger partial charge in [0.05, 0.1) is 6.04 Å². The van der Waals surface area contributed by atoms with Gasteiger partial charge in [0.15, 0.2) is 0 Å². The van der Waals surface area contributed by atoms with Crippen LogP contribution in [0.1, 0.15) is 31.6 Å². The highest BCUT2D eigenvalue weighted by Gasteiger charge is 2.15. The van der Waals surface area contributed by atoms with Gasteiger partial charge in [-0.1, -0.05) is 6.92 Å². The van der Waals surface area contributed by atoms with Gasteiger partial charge in [-0.15, -0.1) is 0 Å². The third-order valence-electron chi connectivity index (χ3n) is 2.52. The summed E-state index contributed by atoms with van der Waals surface area (Å²) in [6.07, 6.45) is 5.25. The molecule has 0 bridgehead atoms. The number of nitrogens with zero attached hydrogens (tertiary/aromatic N) is 3. The summed E-state index contributed by atoms with van der Waals surface area (Å²) in [4.78, 5) is 4.23. The monoisotopic (exact) mass is 180 g/mol. The van der Waals surface area contributed by atoms with Crippen molar-refractivity contribution in [3.8, 4) is 0 Å². The second-order valence-electron chi connectivity index (χ2n) is 3.49. The van der Waals surface area contributed by atoms with Gasteiger partial charge in [-0.3, -0.25) is 0 Å². The Balaban J connectivity index is 2.05. The molecule has 0 aliphatic carbocycles. The third-order valence-corrected chi connectivity index (χ3v) is 2.52. The topological polar surface area (TPSA) is 42.7 Å². The minimum atomic E-state index is 0.515. The SMILES string of the molecule is CCc1ncn([C@H]2CCCNC2)n1. The fourth-order valence-corrected chi connectivity index (χ4v) is 1.71. The summed E-state index contributed by atoms with van der Waals surface area (Å²) in [6, 6.07) is 0.515. The van der Waals surface area contributed by atoms with Gasteiger partial charge in [0.2, 0.25) is 0 Å². The second-order valence-corrected chi connectivity index (χ2v) is 3.49. The molecular formula is C9H16N4. The molecule has 0 amide bonds. The van der Waals surface area contributed by atoms with Crippen LogP contribution in [0.4, 0.5) is 0 Å². The number of nitrogens with one attached hydrogen (secondary N) is 1. The van der Waals surface area contributed by atoms with E-state index < -0.39 is 0 Å². The Bertz CT molecular complexity index is 262. The molecule has 1 N–H and O–H groups in total. The van der Waals surface area contributed by atoms with Crippen molar-refractivity contribution in [1.82, 2.24) is 20.1 Å². The van der Waals surface area contributed by atoms with Gasteiger partial charge in [-0.05, 0) is 19.4 Å². The van der Waals surface area contributed by atoms with Crippen molar-refractivity contribution >= 4 is 0 Å². The van der Waals surface area contributed by atoms with Crippen LogP contribution in [0.5, 0.6) is 0 Å². The maximum atomic E-state index is 4.42. The van der Waals surface area contributed by atoms with E-state index in [1.165, 1.54) is 12.8 Å². The Hall–Kier alpha value is -0.900. The largest absolute Gasteiger partial charge is 0.315 e. The molecule has 0 unspecified atom stereocenters. The fourth-order valence-electron chi connectivity index (χ4n) is 1.71. The lowest BCUT2D eigenvalue weighted by Crippen LogP contribution is -2.31. The summed E-state index contributed by atoms with van der Waals surface area (Å²) >= 11 is 0. The van der Waals surface area contributed by atoms with Gasteiger partial charge in [0.1, 0.15) is 12.2 Å². The second kappa shape index (κ2) is 3.87. The highest BCUT2D eigenvalue weighted by molar-refractivity contribution is 4.84. The first kappa shape index (κ1) is 8.69. The van der Waals surface area contributed by atoms with Crippen LogP contribution in [0.25, 0.3) is 0 Å². The predicted octanol–water partition coefficient (Wildman–Crippen LogP) is 0.765. The molecule has 2 rings (SSSR count). The van der Waals surface area contributed by atoms with E-state index in [1.54, 1.807) is 0 Å². The molecule has 1 aromatic heterocycles. The van der Waals surface area contributed by atoms with E-state index >= 15 is 0 Å². The maximum Gasteiger partial charge on any atom is 0.150 e. The standard InChI is InChI=1S/C9H16N4/c1-2-9-11-7-13(12-9)8-4-3-5-10-6-8/h7-8,10H,2-6H2,1H3/t8-/m0/s1. The van der Waals surface area contributed by atoms with Crippen LogP contribution in [0.3, 0.4) is 0 Å². The smallest absolute Gasteiger partial charge is 0.150 e. The number of hydrogen-bond acceptors (Lipinski definition) is 3. The van der Waals surface area contributed by atoms with Gasteiger partial charge in [0, 0.05) is 13.0 Å². The molecular weight excluding hydrogens is 164 g/mol. The van der Waals surface area contributed by atoms with Crippen molar-refractivity contribution in [1.29, 1.82) is 0 Å². The van der Waals surface area contributed by atoms with Crippen LogP contribution in [-0.4, -0.2) is 27.9 Å². The average Bonchev–Trinajstić information content (AvgIpc) is 2.67. The molecule has 0 radical (unpaired) electrons. The molecule has 1 fully saturated rings. The van der Waals surface area contributed by atoms with E-state index in [0.29, 0.717) is 6.04 Å². The maximum absolute atomic E-state index is 4.42. The fraction of sp³-hybridized carbons (Fsp3) is 0.778. The van der Waals surface area contributed by atoms with E-state index in [2.05, 4.69) is 22.3 Å². The summed E-state index contributed by atoms with van der Waals surface area (Å²) < 4.78 is 2.00. The summed E-state index contributed by atoms with van der Waals surface area (Å²) in [5, 5.41) is 7.79. The quantitative estimate of drug-likeness (QED) is 0.731. The Kier molecular flexibility index (Phi) is 2.59. The van der Waals surface area contributed by atoms with E-state index in [-0.39, 0.29) is 0 Å². The highest BCUT2D eigenvalue weighted by atomic mass is 15.4. The lowest BCUT2D eigenvalue weighted by Gasteiger charge is -2.22. The number of rotatable bonds is 2. The molecule has 1 aliphatic rings. The molecule has 1 atom stereocenters. The van der Waals surface area contributed by atoms with Crippen LogP contribution in [0.2, 0.25) is 0 Å². The number of hydrogen-bond donors (Lipinski definition) is 1. The van der Waals surface area contributed by atoms with Crippen LogP contribution in [-0.2, 0) is 6.42 Å². The van der Waals surface area contributed by atoms with Gasteiger partial charge < -0.3 is 5.32 Å². The first-order valence-electron chi connectivity index (χ1n) is 5.01. The Labute approximate surface area is 78.4 Å². The van der Waals surface area contributed by atoms with Crippen molar-refractivity contribution in [3.05, 3.63) is 12.2 Å². The van der Waals surface area contributed by atoms with Crippen molar-refractivity contribution < 1.29 is 0 Å². The normalized spacial score (nSPS) is 23.3. The number of piperidine rings is 1. The first-order chi connectivity index (χ1) is 6.40. The minimum Gasteiger partial charge on any atom is -0.315 e. The molecule has 0 saturated carbocycles. The number of aryl methyl sites for hydroxylation is 1. The lowest BCUT2D eigenvalue weighted by atomic mass is 10.1. The Morgan fingerprint density at radius 1 is 1.69 bits per heavy atom. The average molecular weight is 180 g/mol. The van der Waals surface area contributed by atoms with Crippen molar-refractivity contribution in [2.24, 2.45) is 0 Å². The molecule has 72 valence electrons. The molecule has 0 spiro atoms. The predicted molar refractivity (Wildman–Crippen MR) is 50.5 cm³/mol. The molecule has 1 aromatic rings. The molecule has 1 saturated heterocycles. The minimum absolute atomic E-state index is 0.515. The van der Waals surface area contributed by atoms with Crippen molar-refractivity contribution in [2.75, 3.05) is 13.1 Å². The summed E-state index contributed by atoms with van der Waals surface area (Å²) in [7, 11) is 0. The zero-order valence-electron chi connectivity index (χ0n) is 8.03. The van der Waals surface area contributed by atoms with E-state index in [1.807, 2.05) is 11.0 Å². The first-order valence-corrected chi connectivity index (χ1v) is 5.01. The zero-order valence-corrected chi connectivity index (χ0v) is 8.03.